The number of carbonyl (C=O) groups excluding carboxylic acids is 1. The number of nitrogens with zero attached hydrogens (tertiary/aromatic N) is 2. The molecule has 17 heavy (non-hydrogen) atoms. The molecule has 2 aliphatic carbocycles. The first-order chi connectivity index (χ1) is 8.25. The Kier molecular flexibility index (Phi) is 2.61. The summed E-state index contributed by atoms with van der Waals surface area (Å²) in [6.07, 6.45) is 5.20. The molecule has 3 heteroatoms. The Labute approximate surface area is 102 Å². The maximum Gasteiger partial charge on any atom is 0.226 e. The maximum absolute atomic E-state index is 12.3. The molecule has 0 unspecified atom stereocenters. The number of aromatic nitrogens is 1. The summed E-state index contributed by atoms with van der Waals surface area (Å²) in [4.78, 5) is 18.7. The average molecular weight is 230 g/mol. The number of carbonyl (C=O) groups is 1. The van der Waals surface area contributed by atoms with E-state index in [1.54, 1.807) is 6.20 Å². The molecule has 0 spiro atoms. The van der Waals surface area contributed by atoms with Gasteiger partial charge in [-0.2, -0.15) is 0 Å². The van der Waals surface area contributed by atoms with Crippen LogP contribution < -0.4 is 0 Å². The zero-order valence-corrected chi connectivity index (χ0v) is 10.2. The third-order valence-electron chi connectivity index (χ3n) is 3.76. The predicted octanol–water partition coefficient (Wildman–Crippen LogP) is 2.23. The van der Waals surface area contributed by atoms with E-state index in [9.17, 15) is 4.79 Å². The van der Waals surface area contributed by atoms with Crippen LogP contribution in [0.1, 0.15) is 31.9 Å². The van der Waals surface area contributed by atoms with E-state index in [2.05, 4.69) is 16.8 Å². The van der Waals surface area contributed by atoms with Crippen molar-refractivity contribution in [1.82, 2.24) is 9.88 Å². The van der Waals surface area contributed by atoms with Crippen molar-refractivity contribution in [1.29, 1.82) is 0 Å². The molecule has 3 rings (SSSR count). The summed E-state index contributed by atoms with van der Waals surface area (Å²) in [5.74, 6) is 1.23. The smallest absolute Gasteiger partial charge is 0.226 e. The van der Waals surface area contributed by atoms with Gasteiger partial charge in [0.2, 0.25) is 5.91 Å². The average Bonchev–Trinajstić information content (AvgIpc) is 3.22. The maximum atomic E-state index is 12.3. The molecule has 0 saturated heterocycles. The quantitative estimate of drug-likeness (QED) is 0.794. The summed E-state index contributed by atoms with van der Waals surface area (Å²) in [6, 6.07) is 6.38. The zero-order valence-electron chi connectivity index (χ0n) is 10.2. The fourth-order valence-electron chi connectivity index (χ4n) is 2.32. The number of hydrogen-bond donors (Lipinski definition) is 0. The van der Waals surface area contributed by atoms with Crippen LogP contribution in [0.5, 0.6) is 0 Å². The van der Waals surface area contributed by atoms with Gasteiger partial charge in [0, 0.05) is 18.2 Å². The number of hydrogen-bond acceptors (Lipinski definition) is 2. The SMILES string of the molecule is C[C@H]1C[C@@H]1C(=O)N(Cc1ccccn1)C1CC1. The van der Waals surface area contributed by atoms with Gasteiger partial charge in [0.05, 0.1) is 12.2 Å². The van der Waals surface area contributed by atoms with Crippen LogP contribution in [0.2, 0.25) is 0 Å². The molecule has 2 atom stereocenters. The summed E-state index contributed by atoms with van der Waals surface area (Å²) in [5.41, 5.74) is 1.00. The van der Waals surface area contributed by atoms with Crippen molar-refractivity contribution in [2.24, 2.45) is 11.8 Å². The Morgan fingerprint density at radius 2 is 2.24 bits per heavy atom. The lowest BCUT2D eigenvalue weighted by atomic mass is 10.2. The van der Waals surface area contributed by atoms with E-state index >= 15 is 0 Å². The van der Waals surface area contributed by atoms with Crippen molar-refractivity contribution in [3.63, 3.8) is 0 Å². The highest BCUT2D eigenvalue weighted by Crippen LogP contribution is 2.41. The monoisotopic (exact) mass is 230 g/mol. The summed E-state index contributed by atoms with van der Waals surface area (Å²) >= 11 is 0. The van der Waals surface area contributed by atoms with E-state index in [1.807, 2.05) is 18.2 Å². The second kappa shape index (κ2) is 4.13. The lowest BCUT2D eigenvalue weighted by molar-refractivity contribution is -0.134. The first-order valence-electron chi connectivity index (χ1n) is 6.46. The Morgan fingerprint density at radius 1 is 1.47 bits per heavy atom. The molecule has 3 nitrogen and oxygen atoms in total. The molecular weight excluding hydrogens is 212 g/mol. The largest absolute Gasteiger partial charge is 0.334 e. The van der Waals surface area contributed by atoms with Gasteiger partial charge in [-0.25, -0.2) is 0 Å². The van der Waals surface area contributed by atoms with E-state index in [1.165, 1.54) is 12.8 Å². The Hall–Kier alpha value is -1.38. The molecule has 1 amide bonds. The Balaban J connectivity index is 1.70. The first-order valence-corrected chi connectivity index (χ1v) is 6.46. The van der Waals surface area contributed by atoms with E-state index < -0.39 is 0 Å². The minimum Gasteiger partial charge on any atom is -0.334 e. The van der Waals surface area contributed by atoms with Gasteiger partial charge in [0.1, 0.15) is 0 Å². The van der Waals surface area contributed by atoms with Crippen LogP contribution in [0.25, 0.3) is 0 Å². The van der Waals surface area contributed by atoms with E-state index in [0.717, 1.165) is 12.1 Å². The fourth-order valence-corrected chi connectivity index (χ4v) is 2.32. The highest BCUT2D eigenvalue weighted by atomic mass is 16.2. The van der Waals surface area contributed by atoms with Gasteiger partial charge in [-0.05, 0) is 37.3 Å². The zero-order chi connectivity index (χ0) is 11.8. The number of amides is 1. The summed E-state index contributed by atoms with van der Waals surface area (Å²) < 4.78 is 0. The van der Waals surface area contributed by atoms with Crippen LogP contribution in [0.3, 0.4) is 0 Å². The van der Waals surface area contributed by atoms with Gasteiger partial charge in [0.25, 0.3) is 0 Å². The lowest BCUT2D eigenvalue weighted by Crippen LogP contribution is -2.34. The highest BCUT2D eigenvalue weighted by Gasteiger charge is 2.45. The summed E-state index contributed by atoms with van der Waals surface area (Å²) in [7, 11) is 0. The van der Waals surface area contributed by atoms with Crippen LogP contribution in [0.4, 0.5) is 0 Å². The molecule has 0 aliphatic heterocycles. The van der Waals surface area contributed by atoms with Crippen molar-refractivity contribution >= 4 is 5.91 Å². The standard InChI is InChI=1S/C14H18N2O/c1-10-8-13(10)14(17)16(12-5-6-12)9-11-4-2-3-7-15-11/h2-4,7,10,12-13H,5-6,8-9H2,1H3/t10-,13-/m0/s1. The third-order valence-corrected chi connectivity index (χ3v) is 3.76. The molecule has 2 fully saturated rings. The minimum absolute atomic E-state index is 0.291. The molecule has 1 aromatic rings. The van der Waals surface area contributed by atoms with Crippen molar-refractivity contribution < 1.29 is 4.79 Å². The van der Waals surface area contributed by atoms with E-state index in [4.69, 9.17) is 0 Å². The van der Waals surface area contributed by atoms with Crippen LogP contribution in [0.15, 0.2) is 24.4 Å². The van der Waals surface area contributed by atoms with Gasteiger partial charge in [-0.1, -0.05) is 13.0 Å². The van der Waals surface area contributed by atoms with E-state index in [0.29, 0.717) is 30.3 Å². The van der Waals surface area contributed by atoms with Gasteiger partial charge in [0.15, 0.2) is 0 Å². The summed E-state index contributed by atoms with van der Waals surface area (Å²) in [5, 5.41) is 0. The molecule has 1 aromatic heterocycles. The molecule has 0 radical (unpaired) electrons. The second-order valence-electron chi connectivity index (χ2n) is 5.34. The van der Waals surface area contributed by atoms with Crippen LogP contribution in [-0.2, 0) is 11.3 Å². The molecule has 90 valence electrons. The topological polar surface area (TPSA) is 33.2 Å². The molecule has 2 aliphatic rings. The molecule has 2 saturated carbocycles. The molecular formula is C14H18N2O. The van der Waals surface area contributed by atoms with Crippen LogP contribution in [-0.4, -0.2) is 21.8 Å². The first kappa shape index (κ1) is 10.8. The minimum atomic E-state index is 0.291. The van der Waals surface area contributed by atoms with Crippen molar-refractivity contribution in [3.8, 4) is 0 Å². The normalized spacial score (nSPS) is 26.6. The molecule has 0 aromatic carbocycles. The Morgan fingerprint density at radius 3 is 2.76 bits per heavy atom. The molecule has 0 N–H and O–H groups in total. The highest BCUT2D eigenvalue weighted by molar-refractivity contribution is 5.82. The third kappa shape index (κ3) is 2.33. The molecule has 1 heterocycles. The predicted molar refractivity (Wildman–Crippen MR) is 65.1 cm³/mol. The van der Waals surface area contributed by atoms with Gasteiger partial charge < -0.3 is 4.90 Å². The van der Waals surface area contributed by atoms with Crippen molar-refractivity contribution in [3.05, 3.63) is 30.1 Å². The van der Waals surface area contributed by atoms with Gasteiger partial charge >= 0.3 is 0 Å². The Bertz CT molecular complexity index is 413. The number of pyridine rings is 1. The van der Waals surface area contributed by atoms with Gasteiger partial charge in [-0.15, -0.1) is 0 Å². The van der Waals surface area contributed by atoms with Crippen LogP contribution in [0, 0.1) is 11.8 Å². The second-order valence-corrected chi connectivity index (χ2v) is 5.34. The molecule has 0 bridgehead atoms. The summed E-state index contributed by atoms with van der Waals surface area (Å²) in [6.45, 7) is 2.85. The number of rotatable bonds is 4. The van der Waals surface area contributed by atoms with E-state index in [-0.39, 0.29) is 0 Å². The van der Waals surface area contributed by atoms with Gasteiger partial charge in [-0.3, -0.25) is 9.78 Å². The van der Waals surface area contributed by atoms with Crippen molar-refractivity contribution in [2.75, 3.05) is 0 Å². The van der Waals surface area contributed by atoms with Crippen LogP contribution >= 0.6 is 0 Å². The lowest BCUT2D eigenvalue weighted by Gasteiger charge is -2.22. The van der Waals surface area contributed by atoms with Crippen molar-refractivity contribution in [2.45, 2.75) is 38.8 Å². The fraction of sp³-hybridized carbons (Fsp3) is 0.571.